The first-order valence-electron chi connectivity index (χ1n) is 8.79. The highest BCUT2D eigenvalue weighted by Crippen LogP contribution is 2.43. The number of nitrogens with zero attached hydrogens (tertiary/aromatic N) is 1. The topological polar surface area (TPSA) is 50.2 Å². The fraction of sp³-hybridized carbons (Fsp3) is 0.238. The highest BCUT2D eigenvalue weighted by Gasteiger charge is 2.33. The molecule has 0 radical (unpaired) electrons. The molecule has 4 rings (SSSR count). The Bertz CT molecular complexity index is 1020. The van der Waals surface area contributed by atoms with Crippen LogP contribution in [0.5, 0.6) is 0 Å². The van der Waals surface area contributed by atoms with Crippen LogP contribution in [0.1, 0.15) is 50.8 Å². The third-order valence-corrected chi connectivity index (χ3v) is 5.58. The van der Waals surface area contributed by atoms with Crippen LogP contribution in [0.4, 0.5) is 13.2 Å². The molecule has 1 saturated carbocycles. The fourth-order valence-electron chi connectivity index (χ4n) is 3.08. The third-order valence-electron chi connectivity index (χ3n) is 4.74. The van der Waals surface area contributed by atoms with Gasteiger partial charge in [-0.1, -0.05) is 12.1 Å². The smallest absolute Gasteiger partial charge is 0.416 e. The SMILES string of the molecule is O=C(O)c1ccc(Cc2nc(-c3cc(C4CC4)cc(C(F)(F)F)c3)cs2)cc1. The number of carboxylic acid groups (broad SMARTS) is 1. The summed E-state index contributed by atoms with van der Waals surface area (Å²) >= 11 is 1.38. The van der Waals surface area contributed by atoms with Gasteiger partial charge in [-0.15, -0.1) is 11.3 Å². The lowest BCUT2D eigenvalue weighted by atomic mass is 10.0. The van der Waals surface area contributed by atoms with Crippen molar-refractivity contribution in [2.24, 2.45) is 0 Å². The van der Waals surface area contributed by atoms with Crippen LogP contribution in [-0.2, 0) is 12.6 Å². The minimum Gasteiger partial charge on any atom is -0.478 e. The Morgan fingerprint density at radius 3 is 2.46 bits per heavy atom. The molecule has 1 aliphatic rings. The number of aromatic nitrogens is 1. The van der Waals surface area contributed by atoms with E-state index in [9.17, 15) is 18.0 Å². The van der Waals surface area contributed by atoms with Gasteiger partial charge in [-0.05, 0) is 60.2 Å². The van der Waals surface area contributed by atoms with Crippen molar-refractivity contribution >= 4 is 17.3 Å². The first-order valence-corrected chi connectivity index (χ1v) is 9.67. The van der Waals surface area contributed by atoms with Crippen LogP contribution in [0.15, 0.2) is 47.8 Å². The Kier molecular flexibility index (Phi) is 4.71. The maximum Gasteiger partial charge on any atom is 0.416 e. The molecular weight excluding hydrogens is 387 g/mol. The predicted octanol–water partition coefficient (Wildman–Crippen LogP) is 6.00. The number of alkyl halides is 3. The van der Waals surface area contributed by atoms with Gasteiger partial charge in [0, 0.05) is 17.4 Å². The number of rotatable bonds is 5. The quantitative estimate of drug-likeness (QED) is 0.569. The van der Waals surface area contributed by atoms with Gasteiger partial charge in [0.2, 0.25) is 0 Å². The highest BCUT2D eigenvalue weighted by molar-refractivity contribution is 7.10. The molecule has 3 nitrogen and oxygen atoms in total. The molecule has 0 aliphatic heterocycles. The summed E-state index contributed by atoms with van der Waals surface area (Å²) in [6.07, 6.45) is -2.03. The summed E-state index contributed by atoms with van der Waals surface area (Å²) in [5.41, 5.74) is 2.22. The zero-order valence-electron chi connectivity index (χ0n) is 14.7. The van der Waals surface area contributed by atoms with Crippen LogP contribution in [-0.4, -0.2) is 16.1 Å². The number of carbonyl (C=O) groups is 1. The van der Waals surface area contributed by atoms with Gasteiger partial charge in [0.05, 0.1) is 21.8 Å². The summed E-state index contributed by atoms with van der Waals surface area (Å²) in [5.74, 6) is -0.772. The van der Waals surface area contributed by atoms with Gasteiger partial charge < -0.3 is 5.11 Å². The van der Waals surface area contributed by atoms with Crippen molar-refractivity contribution in [2.45, 2.75) is 31.4 Å². The molecule has 0 bridgehead atoms. The van der Waals surface area contributed by atoms with Gasteiger partial charge in [-0.3, -0.25) is 0 Å². The van der Waals surface area contributed by atoms with E-state index in [1.165, 1.54) is 29.5 Å². The summed E-state index contributed by atoms with van der Waals surface area (Å²) < 4.78 is 39.8. The van der Waals surface area contributed by atoms with Crippen LogP contribution >= 0.6 is 11.3 Å². The molecule has 1 aliphatic carbocycles. The Hall–Kier alpha value is -2.67. The molecule has 1 fully saturated rings. The predicted molar refractivity (Wildman–Crippen MR) is 101 cm³/mol. The summed E-state index contributed by atoms with van der Waals surface area (Å²) in [4.78, 5) is 15.4. The summed E-state index contributed by atoms with van der Waals surface area (Å²) in [7, 11) is 0. The van der Waals surface area contributed by atoms with Gasteiger partial charge in [-0.25, -0.2) is 9.78 Å². The lowest BCUT2D eigenvalue weighted by Gasteiger charge is -2.11. The van der Waals surface area contributed by atoms with Gasteiger partial charge in [0.15, 0.2) is 0 Å². The number of thiazole rings is 1. The number of aromatic carboxylic acids is 1. The molecule has 3 aromatic rings. The van der Waals surface area contributed by atoms with Crippen molar-refractivity contribution in [1.82, 2.24) is 4.98 Å². The number of carboxylic acids is 1. The van der Waals surface area contributed by atoms with Gasteiger partial charge in [-0.2, -0.15) is 13.2 Å². The minimum atomic E-state index is -4.38. The first-order chi connectivity index (χ1) is 13.3. The lowest BCUT2D eigenvalue weighted by Crippen LogP contribution is -2.06. The monoisotopic (exact) mass is 403 g/mol. The van der Waals surface area contributed by atoms with Crippen molar-refractivity contribution in [3.05, 3.63) is 75.1 Å². The molecule has 0 atom stereocenters. The van der Waals surface area contributed by atoms with E-state index in [1.54, 1.807) is 17.5 Å². The van der Waals surface area contributed by atoms with Crippen LogP contribution in [0, 0.1) is 0 Å². The normalized spacial score (nSPS) is 14.2. The average Bonchev–Trinajstić information content (AvgIpc) is 3.40. The third kappa shape index (κ3) is 4.09. The zero-order chi connectivity index (χ0) is 19.9. The zero-order valence-corrected chi connectivity index (χ0v) is 15.5. The maximum atomic E-state index is 13.3. The van der Waals surface area contributed by atoms with E-state index in [0.717, 1.165) is 35.0 Å². The second-order valence-electron chi connectivity index (χ2n) is 6.92. The Labute approximate surface area is 163 Å². The first kappa shape index (κ1) is 18.7. The molecule has 0 saturated heterocycles. The van der Waals surface area contributed by atoms with Gasteiger partial charge in [0.25, 0.3) is 0 Å². The number of hydrogen-bond acceptors (Lipinski definition) is 3. The number of benzene rings is 2. The molecule has 0 amide bonds. The van der Waals surface area contributed by atoms with E-state index >= 15 is 0 Å². The molecule has 1 N–H and O–H groups in total. The highest BCUT2D eigenvalue weighted by atomic mass is 32.1. The van der Waals surface area contributed by atoms with Crippen LogP contribution in [0.2, 0.25) is 0 Å². The standard InChI is InChI=1S/C21H16F3NO2S/c22-21(23,24)17-9-15(13-5-6-13)8-16(10-17)18-11-28-19(25-18)7-12-1-3-14(4-2-12)20(26)27/h1-4,8-11,13H,5-7H2,(H,26,27). The molecule has 28 heavy (non-hydrogen) atoms. The number of halogens is 3. The van der Waals surface area contributed by atoms with Crippen molar-refractivity contribution in [3.63, 3.8) is 0 Å². The Morgan fingerprint density at radius 1 is 1.14 bits per heavy atom. The molecule has 144 valence electrons. The second-order valence-corrected chi connectivity index (χ2v) is 7.86. The van der Waals surface area contributed by atoms with Crippen LogP contribution < -0.4 is 0 Å². The van der Waals surface area contributed by atoms with E-state index < -0.39 is 17.7 Å². The van der Waals surface area contributed by atoms with E-state index in [-0.39, 0.29) is 11.5 Å². The van der Waals surface area contributed by atoms with E-state index in [0.29, 0.717) is 17.7 Å². The molecule has 1 heterocycles. The van der Waals surface area contributed by atoms with Crippen molar-refractivity contribution < 1.29 is 23.1 Å². The Morgan fingerprint density at radius 2 is 1.86 bits per heavy atom. The molecule has 7 heteroatoms. The van der Waals surface area contributed by atoms with Crippen molar-refractivity contribution in [2.75, 3.05) is 0 Å². The largest absolute Gasteiger partial charge is 0.478 e. The second kappa shape index (κ2) is 7.05. The van der Waals surface area contributed by atoms with Crippen molar-refractivity contribution in [1.29, 1.82) is 0 Å². The summed E-state index contributed by atoms with van der Waals surface area (Å²) in [6.45, 7) is 0. The number of hydrogen-bond donors (Lipinski definition) is 1. The summed E-state index contributed by atoms with van der Waals surface area (Å²) in [5, 5.41) is 11.5. The molecule has 0 spiro atoms. The van der Waals surface area contributed by atoms with E-state index in [4.69, 9.17) is 5.11 Å². The van der Waals surface area contributed by atoms with E-state index in [2.05, 4.69) is 4.98 Å². The molecule has 2 aromatic carbocycles. The van der Waals surface area contributed by atoms with Crippen LogP contribution in [0.3, 0.4) is 0 Å². The molecule has 0 unspecified atom stereocenters. The van der Waals surface area contributed by atoms with Gasteiger partial charge in [0.1, 0.15) is 0 Å². The van der Waals surface area contributed by atoms with Crippen molar-refractivity contribution in [3.8, 4) is 11.3 Å². The molecule has 1 aromatic heterocycles. The van der Waals surface area contributed by atoms with E-state index in [1.807, 2.05) is 6.07 Å². The Balaban J connectivity index is 1.60. The minimum absolute atomic E-state index is 0.208. The molecular formula is C21H16F3NO2S. The van der Waals surface area contributed by atoms with Crippen LogP contribution in [0.25, 0.3) is 11.3 Å². The fourth-order valence-corrected chi connectivity index (χ4v) is 3.92. The van der Waals surface area contributed by atoms with Gasteiger partial charge >= 0.3 is 12.1 Å². The lowest BCUT2D eigenvalue weighted by molar-refractivity contribution is -0.137. The maximum absolute atomic E-state index is 13.3. The summed E-state index contributed by atoms with van der Waals surface area (Å²) in [6, 6.07) is 10.7. The average molecular weight is 403 g/mol.